The van der Waals surface area contributed by atoms with Gasteiger partial charge in [0.05, 0.1) is 15.8 Å². The average Bonchev–Trinajstić information content (AvgIpc) is 3.04. The molecule has 27 heavy (non-hydrogen) atoms. The second-order valence-corrected chi connectivity index (χ2v) is 8.84. The normalized spacial score (nSPS) is 22.5. The van der Waals surface area contributed by atoms with E-state index in [0.717, 1.165) is 16.0 Å². The van der Waals surface area contributed by atoms with Gasteiger partial charge in [-0.1, -0.05) is 13.8 Å². The smallest absolute Gasteiger partial charge is 0.291 e. The maximum absolute atomic E-state index is 13.6. The molecule has 1 fully saturated rings. The van der Waals surface area contributed by atoms with Crippen molar-refractivity contribution >= 4 is 33.0 Å². The standard InChI is InChI=1S/C18H21FN4O3S/c1-9(2)16-21-22(8-15(24)20-10-6-18(3,26)7-10)17(25)12-4-13-11(23(12)16)5-14(19)27-13/h4-5,9-10,26H,6-8H2,1-3H3,(H,20,24). The van der Waals surface area contributed by atoms with Crippen LogP contribution in [0.1, 0.15) is 45.4 Å². The van der Waals surface area contributed by atoms with Crippen LogP contribution in [0.4, 0.5) is 4.39 Å². The van der Waals surface area contributed by atoms with Gasteiger partial charge in [0, 0.05) is 18.0 Å². The van der Waals surface area contributed by atoms with Gasteiger partial charge in [-0.3, -0.25) is 14.0 Å². The molecule has 1 aliphatic rings. The maximum atomic E-state index is 13.6. The Balaban J connectivity index is 1.70. The van der Waals surface area contributed by atoms with Crippen LogP contribution in [0.3, 0.4) is 0 Å². The molecule has 1 amide bonds. The highest BCUT2D eigenvalue weighted by molar-refractivity contribution is 7.17. The molecule has 1 aliphatic carbocycles. The SMILES string of the molecule is CC(C)c1nn(CC(=O)NC2CC(C)(O)C2)c(=O)c2cc3sc(F)cc3n12. The number of rotatable bonds is 4. The van der Waals surface area contributed by atoms with Gasteiger partial charge >= 0.3 is 0 Å². The number of nitrogens with one attached hydrogen (secondary N) is 1. The van der Waals surface area contributed by atoms with Gasteiger partial charge in [-0.15, -0.1) is 11.3 Å². The van der Waals surface area contributed by atoms with Crippen molar-refractivity contribution in [2.24, 2.45) is 0 Å². The predicted octanol–water partition coefficient (Wildman–Crippen LogP) is 2.00. The molecule has 144 valence electrons. The van der Waals surface area contributed by atoms with E-state index in [1.54, 1.807) is 17.4 Å². The van der Waals surface area contributed by atoms with Crippen LogP contribution in [-0.2, 0) is 11.3 Å². The summed E-state index contributed by atoms with van der Waals surface area (Å²) < 4.78 is 17.1. The molecule has 0 aromatic carbocycles. The lowest BCUT2D eigenvalue weighted by molar-refractivity contribution is -0.125. The molecule has 0 radical (unpaired) electrons. The van der Waals surface area contributed by atoms with Crippen LogP contribution in [0, 0.1) is 5.13 Å². The van der Waals surface area contributed by atoms with Crippen LogP contribution in [0.2, 0.25) is 0 Å². The van der Waals surface area contributed by atoms with Gasteiger partial charge in [0.2, 0.25) is 5.91 Å². The number of thiophene rings is 1. The summed E-state index contributed by atoms with van der Waals surface area (Å²) in [4.78, 5) is 25.2. The number of halogens is 1. The highest BCUT2D eigenvalue weighted by Gasteiger charge is 2.39. The van der Waals surface area contributed by atoms with E-state index in [1.165, 1.54) is 6.07 Å². The lowest BCUT2D eigenvalue weighted by Crippen LogP contribution is -2.54. The molecule has 0 atom stereocenters. The highest BCUT2D eigenvalue weighted by atomic mass is 32.1. The summed E-state index contributed by atoms with van der Waals surface area (Å²) in [6.45, 7) is 5.40. The number of carbonyl (C=O) groups excluding carboxylic acids is 1. The number of hydrogen-bond donors (Lipinski definition) is 2. The predicted molar refractivity (Wildman–Crippen MR) is 101 cm³/mol. The summed E-state index contributed by atoms with van der Waals surface area (Å²) in [7, 11) is 0. The van der Waals surface area contributed by atoms with E-state index in [4.69, 9.17) is 0 Å². The monoisotopic (exact) mass is 392 g/mol. The first kappa shape index (κ1) is 18.1. The quantitative estimate of drug-likeness (QED) is 0.711. The number of aromatic nitrogens is 3. The van der Waals surface area contributed by atoms with Crippen LogP contribution in [0.15, 0.2) is 16.9 Å². The molecule has 0 saturated heterocycles. The Bertz CT molecular complexity index is 1100. The Morgan fingerprint density at radius 3 is 2.78 bits per heavy atom. The number of hydrogen-bond acceptors (Lipinski definition) is 5. The summed E-state index contributed by atoms with van der Waals surface area (Å²) in [6, 6.07) is 2.97. The molecular weight excluding hydrogens is 371 g/mol. The number of aliphatic hydroxyl groups is 1. The molecule has 3 aromatic heterocycles. The molecular formula is C18H21FN4O3S. The molecule has 9 heteroatoms. The molecule has 2 N–H and O–H groups in total. The van der Waals surface area contributed by atoms with Crippen LogP contribution in [-0.4, -0.2) is 36.8 Å². The Kier molecular flexibility index (Phi) is 4.12. The molecule has 0 spiro atoms. The highest BCUT2D eigenvalue weighted by Crippen LogP contribution is 2.31. The molecule has 0 aliphatic heterocycles. The first-order chi connectivity index (χ1) is 12.6. The third-order valence-corrected chi connectivity index (χ3v) is 5.77. The van der Waals surface area contributed by atoms with Gasteiger partial charge < -0.3 is 10.4 Å². The molecule has 4 rings (SSSR count). The maximum Gasteiger partial charge on any atom is 0.291 e. The first-order valence-electron chi connectivity index (χ1n) is 8.88. The van der Waals surface area contributed by atoms with E-state index < -0.39 is 5.60 Å². The second kappa shape index (κ2) is 6.13. The Morgan fingerprint density at radius 1 is 1.44 bits per heavy atom. The molecule has 3 aromatic rings. The van der Waals surface area contributed by atoms with Gasteiger partial charge in [-0.05, 0) is 25.8 Å². The van der Waals surface area contributed by atoms with Gasteiger partial charge in [-0.2, -0.15) is 9.49 Å². The van der Waals surface area contributed by atoms with E-state index >= 15 is 0 Å². The Morgan fingerprint density at radius 2 is 2.15 bits per heavy atom. The van der Waals surface area contributed by atoms with E-state index in [9.17, 15) is 19.1 Å². The number of nitrogens with zero attached hydrogens (tertiary/aromatic N) is 3. The molecule has 0 unspecified atom stereocenters. The van der Waals surface area contributed by atoms with E-state index in [2.05, 4.69) is 10.4 Å². The van der Waals surface area contributed by atoms with Gasteiger partial charge in [0.25, 0.3) is 5.56 Å². The van der Waals surface area contributed by atoms with Gasteiger partial charge in [0.15, 0.2) is 5.13 Å². The number of amides is 1. The summed E-state index contributed by atoms with van der Waals surface area (Å²) in [5, 5.41) is 16.7. The molecule has 1 saturated carbocycles. The zero-order valence-corrected chi connectivity index (χ0v) is 16.1. The largest absolute Gasteiger partial charge is 0.390 e. The Hall–Kier alpha value is -2.26. The van der Waals surface area contributed by atoms with Crippen molar-refractivity contribution in [3.05, 3.63) is 33.4 Å². The summed E-state index contributed by atoms with van der Waals surface area (Å²) >= 11 is 0.979. The number of fused-ring (bicyclic) bond motifs is 3. The number of carbonyl (C=O) groups is 1. The van der Waals surface area contributed by atoms with Crippen LogP contribution >= 0.6 is 11.3 Å². The minimum Gasteiger partial charge on any atom is -0.390 e. The fourth-order valence-electron chi connectivity index (χ4n) is 3.71. The van der Waals surface area contributed by atoms with Crippen molar-refractivity contribution < 1.29 is 14.3 Å². The van der Waals surface area contributed by atoms with Gasteiger partial charge in [0.1, 0.15) is 17.9 Å². The lowest BCUT2D eigenvalue weighted by Gasteiger charge is -2.41. The second-order valence-electron chi connectivity index (χ2n) is 7.81. The van der Waals surface area contributed by atoms with Crippen LogP contribution in [0.25, 0.3) is 15.7 Å². The molecule has 7 nitrogen and oxygen atoms in total. The molecule has 0 bridgehead atoms. The zero-order chi connectivity index (χ0) is 19.5. The minimum absolute atomic E-state index is 0.0253. The third kappa shape index (κ3) is 3.14. The lowest BCUT2D eigenvalue weighted by atomic mass is 9.77. The van der Waals surface area contributed by atoms with Crippen molar-refractivity contribution in [1.29, 1.82) is 0 Å². The van der Waals surface area contributed by atoms with Crippen molar-refractivity contribution in [2.45, 2.75) is 57.7 Å². The van der Waals surface area contributed by atoms with E-state index in [1.807, 2.05) is 13.8 Å². The van der Waals surface area contributed by atoms with Crippen molar-refractivity contribution in [1.82, 2.24) is 19.5 Å². The van der Waals surface area contributed by atoms with Crippen molar-refractivity contribution in [3.8, 4) is 0 Å². The fourth-order valence-corrected chi connectivity index (χ4v) is 4.51. The zero-order valence-electron chi connectivity index (χ0n) is 15.3. The van der Waals surface area contributed by atoms with Crippen LogP contribution < -0.4 is 10.9 Å². The van der Waals surface area contributed by atoms with E-state index in [0.29, 0.717) is 34.4 Å². The third-order valence-electron chi connectivity index (χ3n) is 4.91. The fraction of sp³-hybridized carbons (Fsp3) is 0.500. The van der Waals surface area contributed by atoms with Crippen LogP contribution in [0.5, 0.6) is 0 Å². The summed E-state index contributed by atoms with van der Waals surface area (Å²) in [5.41, 5.74) is -0.119. The van der Waals surface area contributed by atoms with Crippen molar-refractivity contribution in [2.75, 3.05) is 0 Å². The summed E-state index contributed by atoms with van der Waals surface area (Å²) in [6.07, 6.45) is 0.996. The average molecular weight is 392 g/mol. The van der Waals surface area contributed by atoms with E-state index in [-0.39, 0.29) is 35.1 Å². The minimum atomic E-state index is -0.732. The first-order valence-corrected chi connectivity index (χ1v) is 9.69. The van der Waals surface area contributed by atoms with Crippen molar-refractivity contribution in [3.63, 3.8) is 0 Å². The van der Waals surface area contributed by atoms with Gasteiger partial charge in [-0.25, -0.2) is 4.68 Å². The Labute approximate surface area is 158 Å². The summed E-state index contributed by atoms with van der Waals surface area (Å²) in [5.74, 6) is 0.253. The topological polar surface area (TPSA) is 88.6 Å². The molecule has 3 heterocycles.